The van der Waals surface area contributed by atoms with E-state index >= 15 is 0 Å². The van der Waals surface area contributed by atoms with Gasteiger partial charge in [0.05, 0.1) is 4.90 Å². The van der Waals surface area contributed by atoms with Gasteiger partial charge in [-0.1, -0.05) is 94.4 Å². The van der Waals surface area contributed by atoms with Crippen LogP contribution < -0.4 is 0 Å². The van der Waals surface area contributed by atoms with Gasteiger partial charge < -0.3 is 0 Å². The maximum atomic E-state index is 13.2. The van der Waals surface area contributed by atoms with Gasteiger partial charge in [0.25, 0.3) is 9.84 Å². The molecule has 0 aromatic heterocycles. The van der Waals surface area contributed by atoms with Crippen molar-refractivity contribution >= 4 is 9.84 Å². The van der Waals surface area contributed by atoms with Crippen LogP contribution in [0.3, 0.4) is 0 Å². The van der Waals surface area contributed by atoms with E-state index in [1.54, 1.807) is 24.3 Å². The number of unbranched alkanes of at least 4 members (excludes halogenated alkanes) is 9. The molecular weight excluding hydrogens is 426 g/mol. The van der Waals surface area contributed by atoms with Crippen molar-refractivity contribution in [3.8, 4) is 0 Å². The maximum Gasteiger partial charge on any atom is 0.333 e. The van der Waals surface area contributed by atoms with Crippen molar-refractivity contribution in [2.75, 3.05) is 0 Å². The highest BCUT2D eigenvalue weighted by atomic mass is 32.2. The van der Waals surface area contributed by atoms with Crippen LogP contribution in [0.25, 0.3) is 4.85 Å². The van der Waals surface area contributed by atoms with Crippen molar-refractivity contribution in [2.24, 2.45) is 0 Å². The summed E-state index contributed by atoms with van der Waals surface area (Å²) in [7, 11) is -3.67. The minimum absolute atomic E-state index is 0.269. The molecule has 0 aliphatic carbocycles. The van der Waals surface area contributed by atoms with Gasteiger partial charge in [-0.25, -0.2) is 15.0 Å². The van der Waals surface area contributed by atoms with Gasteiger partial charge in [-0.15, -0.1) is 0 Å². The second kappa shape index (κ2) is 16.7. The summed E-state index contributed by atoms with van der Waals surface area (Å²) in [4.78, 5) is 2.60. The largest absolute Gasteiger partial charge is 0.333 e. The topological polar surface area (TPSA) is 38.5 Å². The molecule has 0 aliphatic heterocycles. The number of benzene rings is 1. The molecule has 1 aromatic carbocycles. The molecule has 0 heterocycles. The predicted octanol–water partition coefficient (Wildman–Crippen LogP) is 9.00. The van der Waals surface area contributed by atoms with Crippen molar-refractivity contribution in [3.05, 3.63) is 65.6 Å². The molecule has 1 aromatic rings. The molecule has 0 bridgehead atoms. The van der Waals surface area contributed by atoms with Crippen molar-refractivity contribution in [1.82, 2.24) is 0 Å². The molecule has 0 N–H and O–H groups in total. The Morgan fingerprint density at radius 3 is 1.91 bits per heavy atom. The van der Waals surface area contributed by atoms with Gasteiger partial charge in [0.2, 0.25) is 0 Å². The lowest BCUT2D eigenvalue weighted by Gasteiger charge is -2.21. The number of rotatable bonds is 18. The predicted molar refractivity (Wildman–Crippen MR) is 142 cm³/mol. The minimum atomic E-state index is -3.67. The number of allylic oxidation sites excluding steroid dienone is 4. The first kappa shape index (κ1) is 29.2. The minimum Gasteiger partial charge on any atom is -0.293 e. The highest BCUT2D eigenvalue weighted by molar-refractivity contribution is 7.93. The Kier molecular flexibility index (Phi) is 14.8. The molecule has 0 amide bonds. The van der Waals surface area contributed by atoms with E-state index in [-0.39, 0.29) is 4.90 Å². The van der Waals surface area contributed by atoms with Crippen LogP contribution in [0.2, 0.25) is 0 Å². The Balaban J connectivity index is 2.27. The van der Waals surface area contributed by atoms with E-state index in [4.69, 9.17) is 6.57 Å². The Labute approximate surface area is 204 Å². The zero-order valence-corrected chi connectivity index (χ0v) is 22.0. The highest BCUT2D eigenvalue weighted by Gasteiger charge is 2.49. The van der Waals surface area contributed by atoms with Crippen LogP contribution in [-0.2, 0) is 9.84 Å². The smallest absolute Gasteiger partial charge is 0.293 e. The highest BCUT2D eigenvalue weighted by Crippen LogP contribution is 2.35. The van der Waals surface area contributed by atoms with Gasteiger partial charge in [-0.3, -0.25) is 4.85 Å². The van der Waals surface area contributed by atoms with Gasteiger partial charge in [0.1, 0.15) is 0 Å². The molecule has 0 radical (unpaired) electrons. The Morgan fingerprint density at radius 2 is 1.36 bits per heavy atom. The fraction of sp³-hybridized carbons (Fsp3) is 0.621. The number of aryl methyl sites for hydroxylation is 1. The SMILES string of the molecule is [C-]#[N+]C(CC)(CCCCCCCC/C=C\C/C=C\CCCCC)S(=O)(=O)c1ccc(C)cc1. The van der Waals surface area contributed by atoms with E-state index < -0.39 is 14.7 Å². The van der Waals surface area contributed by atoms with E-state index in [1.807, 2.05) is 13.8 Å². The summed E-state index contributed by atoms with van der Waals surface area (Å²) in [5, 5.41) is 0. The average molecular weight is 472 g/mol. The Hall–Kier alpha value is -1.86. The van der Waals surface area contributed by atoms with Gasteiger partial charge in [-0.2, -0.15) is 0 Å². The summed E-state index contributed by atoms with van der Waals surface area (Å²) >= 11 is 0. The molecule has 0 saturated heterocycles. The van der Waals surface area contributed by atoms with Crippen LogP contribution in [0.5, 0.6) is 0 Å². The van der Waals surface area contributed by atoms with E-state index in [1.165, 1.54) is 44.9 Å². The molecule has 4 heteroatoms. The first-order valence-electron chi connectivity index (χ1n) is 12.9. The zero-order chi connectivity index (χ0) is 24.4. The summed E-state index contributed by atoms with van der Waals surface area (Å²) in [6.07, 6.45) is 23.6. The Bertz CT molecular complexity index is 847. The molecule has 0 saturated carbocycles. The van der Waals surface area contributed by atoms with Crippen molar-refractivity contribution < 1.29 is 8.42 Å². The lowest BCUT2D eigenvalue weighted by Crippen LogP contribution is -2.34. The van der Waals surface area contributed by atoms with Crippen molar-refractivity contribution in [2.45, 2.75) is 120 Å². The number of hydrogen-bond acceptors (Lipinski definition) is 2. The molecule has 0 aliphatic rings. The average Bonchev–Trinajstić information content (AvgIpc) is 2.81. The van der Waals surface area contributed by atoms with Crippen molar-refractivity contribution in [1.29, 1.82) is 0 Å². The summed E-state index contributed by atoms with van der Waals surface area (Å²) < 4.78 is 26.4. The normalized spacial score (nSPS) is 14.0. The number of sulfone groups is 1. The summed E-state index contributed by atoms with van der Waals surface area (Å²) in [5.74, 6) is 0. The third-order valence-electron chi connectivity index (χ3n) is 6.36. The van der Waals surface area contributed by atoms with E-state index in [9.17, 15) is 8.42 Å². The molecule has 1 unspecified atom stereocenters. The van der Waals surface area contributed by atoms with Gasteiger partial charge in [0.15, 0.2) is 0 Å². The summed E-state index contributed by atoms with van der Waals surface area (Å²) in [5.41, 5.74) is 1.02. The van der Waals surface area contributed by atoms with E-state index in [2.05, 4.69) is 36.1 Å². The zero-order valence-electron chi connectivity index (χ0n) is 21.2. The third-order valence-corrected chi connectivity index (χ3v) is 8.83. The lowest BCUT2D eigenvalue weighted by atomic mass is 10.0. The standard InChI is InChI=1S/C29H45NO2S/c1-5-7-8-9-10-11-12-13-14-15-16-17-18-19-20-21-26-29(6-2,30-4)33(31,32)28-24-22-27(3)23-25-28/h10-11,13-14,22-25H,5-9,12,15-21,26H2,1-3H3/b11-10-,14-13-. The second-order valence-electron chi connectivity index (χ2n) is 9.06. The van der Waals surface area contributed by atoms with Gasteiger partial charge in [0, 0.05) is 12.8 Å². The van der Waals surface area contributed by atoms with Gasteiger partial charge >= 0.3 is 4.87 Å². The monoisotopic (exact) mass is 471 g/mol. The molecule has 1 rings (SSSR count). The number of hydrogen-bond donors (Lipinski definition) is 0. The Morgan fingerprint density at radius 1 is 0.818 bits per heavy atom. The first-order chi connectivity index (χ1) is 15.9. The van der Waals surface area contributed by atoms with Crippen LogP contribution >= 0.6 is 0 Å². The van der Waals surface area contributed by atoms with E-state index in [0.717, 1.165) is 37.7 Å². The lowest BCUT2D eigenvalue weighted by molar-refractivity contribution is 0.491. The molecule has 3 nitrogen and oxygen atoms in total. The first-order valence-corrected chi connectivity index (χ1v) is 14.4. The fourth-order valence-electron chi connectivity index (χ4n) is 4.02. The quantitative estimate of drug-likeness (QED) is 0.122. The van der Waals surface area contributed by atoms with Crippen LogP contribution in [0, 0.1) is 13.5 Å². The number of nitrogens with zero attached hydrogens (tertiary/aromatic N) is 1. The van der Waals surface area contributed by atoms with Crippen LogP contribution in [-0.4, -0.2) is 13.3 Å². The van der Waals surface area contributed by atoms with Crippen LogP contribution in [0.15, 0.2) is 53.5 Å². The molecule has 0 spiro atoms. The maximum absolute atomic E-state index is 13.2. The summed E-state index contributed by atoms with van der Waals surface area (Å²) in [6.45, 7) is 13.7. The molecule has 1 atom stereocenters. The molecular formula is C29H45NO2S. The molecule has 184 valence electrons. The molecule has 0 fully saturated rings. The van der Waals surface area contributed by atoms with Crippen LogP contribution in [0.4, 0.5) is 0 Å². The van der Waals surface area contributed by atoms with Crippen molar-refractivity contribution in [3.63, 3.8) is 0 Å². The van der Waals surface area contributed by atoms with Crippen LogP contribution in [0.1, 0.15) is 109 Å². The fourth-order valence-corrected chi connectivity index (χ4v) is 5.87. The second-order valence-corrected chi connectivity index (χ2v) is 11.3. The summed E-state index contributed by atoms with van der Waals surface area (Å²) in [6, 6.07) is 6.88. The van der Waals surface area contributed by atoms with E-state index in [0.29, 0.717) is 12.8 Å². The van der Waals surface area contributed by atoms with Gasteiger partial charge in [-0.05, 0) is 57.6 Å². The third kappa shape index (κ3) is 10.3. The molecule has 33 heavy (non-hydrogen) atoms.